The highest BCUT2D eigenvalue weighted by Crippen LogP contribution is 2.36. The smallest absolute Gasteiger partial charge is 0.320 e. The van der Waals surface area contributed by atoms with E-state index < -0.39 is 5.41 Å². The van der Waals surface area contributed by atoms with Gasteiger partial charge in [-0.2, -0.15) is 0 Å². The van der Waals surface area contributed by atoms with Crippen LogP contribution in [0.5, 0.6) is 0 Å². The Morgan fingerprint density at radius 1 is 1.60 bits per heavy atom. The second kappa shape index (κ2) is 5.63. The Labute approximate surface area is 103 Å². The second-order valence-electron chi connectivity index (χ2n) is 3.73. The molecule has 1 aliphatic rings. The fraction of sp³-hybridized carbons (Fsp3) is 0.636. The van der Waals surface area contributed by atoms with Crippen molar-refractivity contribution in [2.75, 3.05) is 11.0 Å². The molecule has 0 unspecified atom stereocenters. The van der Waals surface area contributed by atoms with Crippen molar-refractivity contribution in [1.29, 1.82) is 0 Å². The Kier molecular flexibility index (Phi) is 4.76. The standard InChI is InChI=1S/C11H15IO3/c1-2-7-15-10(14)11(8-12)6-4-3-5-9(11)13/h2H,1,3-8H2/t11-/m0/s1. The molecule has 0 aromatic heterocycles. The number of rotatable bonds is 4. The van der Waals surface area contributed by atoms with Gasteiger partial charge in [0.2, 0.25) is 0 Å². The van der Waals surface area contributed by atoms with Crippen LogP contribution in [0.2, 0.25) is 0 Å². The van der Waals surface area contributed by atoms with Gasteiger partial charge in [0.15, 0.2) is 5.78 Å². The number of esters is 1. The minimum atomic E-state index is -0.873. The van der Waals surface area contributed by atoms with E-state index in [1.54, 1.807) is 0 Å². The predicted molar refractivity (Wildman–Crippen MR) is 66.0 cm³/mol. The summed E-state index contributed by atoms with van der Waals surface area (Å²) in [5.41, 5.74) is -0.873. The van der Waals surface area contributed by atoms with Gasteiger partial charge < -0.3 is 4.74 Å². The van der Waals surface area contributed by atoms with Crippen LogP contribution in [-0.2, 0) is 14.3 Å². The second-order valence-corrected chi connectivity index (χ2v) is 4.50. The van der Waals surface area contributed by atoms with E-state index in [0.717, 1.165) is 12.8 Å². The van der Waals surface area contributed by atoms with E-state index in [1.807, 2.05) is 0 Å². The molecule has 1 rings (SSSR count). The Bertz CT molecular complexity index is 275. The van der Waals surface area contributed by atoms with E-state index >= 15 is 0 Å². The zero-order chi connectivity index (χ0) is 11.3. The summed E-state index contributed by atoms with van der Waals surface area (Å²) in [4.78, 5) is 23.6. The largest absolute Gasteiger partial charge is 0.461 e. The molecule has 4 heteroatoms. The summed E-state index contributed by atoms with van der Waals surface area (Å²) in [6.07, 6.45) is 4.48. The third kappa shape index (κ3) is 2.59. The van der Waals surface area contributed by atoms with Gasteiger partial charge in [-0.3, -0.25) is 9.59 Å². The van der Waals surface area contributed by atoms with E-state index in [9.17, 15) is 9.59 Å². The van der Waals surface area contributed by atoms with E-state index in [0.29, 0.717) is 17.3 Å². The van der Waals surface area contributed by atoms with E-state index in [-0.39, 0.29) is 18.4 Å². The van der Waals surface area contributed by atoms with Crippen molar-refractivity contribution < 1.29 is 14.3 Å². The zero-order valence-corrected chi connectivity index (χ0v) is 10.8. The molecule has 0 bridgehead atoms. The molecule has 0 aliphatic heterocycles. The van der Waals surface area contributed by atoms with Gasteiger partial charge in [0.25, 0.3) is 0 Å². The molecule has 0 saturated heterocycles. The molecule has 0 aromatic rings. The van der Waals surface area contributed by atoms with Crippen LogP contribution in [0, 0.1) is 5.41 Å². The maximum atomic E-state index is 11.8. The first-order valence-corrected chi connectivity index (χ1v) is 6.57. The fourth-order valence-electron chi connectivity index (χ4n) is 1.78. The predicted octanol–water partition coefficient (Wildman–Crippen LogP) is 2.28. The number of carbonyl (C=O) groups is 2. The average molecular weight is 322 g/mol. The highest BCUT2D eigenvalue weighted by atomic mass is 127. The Balaban J connectivity index is 2.77. The maximum absolute atomic E-state index is 11.8. The molecule has 0 spiro atoms. The third-order valence-corrected chi connectivity index (χ3v) is 4.04. The summed E-state index contributed by atoms with van der Waals surface area (Å²) in [6.45, 7) is 3.67. The highest BCUT2D eigenvalue weighted by Gasteiger charge is 2.46. The van der Waals surface area contributed by atoms with Gasteiger partial charge in [-0.1, -0.05) is 41.7 Å². The number of ketones is 1. The molecule has 15 heavy (non-hydrogen) atoms. The van der Waals surface area contributed by atoms with Crippen LogP contribution in [0.1, 0.15) is 25.7 Å². The van der Waals surface area contributed by atoms with E-state index in [2.05, 4.69) is 29.2 Å². The third-order valence-electron chi connectivity index (χ3n) is 2.74. The van der Waals surface area contributed by atoms with Crippen LogP contribution in [0.4, 0.5) is 0 Å². The lowest BCUT2D eigenvalue weighted by Crippen LogP contribution is -2.44. The SMILES string of the molecule is C=CCOC(=O)[C@]1(CI)CCCCC1=O. The van der Waals surface area contributed by atoms with Crippen LogP contribution < -0.4 is 0 Å². The van der Waals surface area contributed by atoms with Gasteiger partial charge in [-0.05, 0) is 12.8 Å². The Morgan fingerprint density at radius 3 is 2.87 bits per heavy atom. The Hall–Kier alpha value is -0.390. The fourth-order valence-corrected chi connectivity index (χ4v) is 2.89. The molecule has 0 aromatic carbocycles. The number of carbonyl (C=O) groups excluding carboxylic acids is 2. The number of alkyl halides is 1. The molecule has 1 aliphatic carbocycles. The number of hydrogen-bond donors (Lipinski definition) is 0. The molecule has 1 fully saturated rings. The highest BCUT2D eigenvalue weighted by molar-refractivity contribution is 14.1. The first kappa shape index (κ1) is 12.7. The van der Waals surface area contributed by atoms with Crippen LogP contribution in [0.15, 0.2) is 12.7 Å². The summed E-state index contributed by atoms with van der Waals surface area (Å²) in [6, 6.07) is 0. The van der Waals surface area contributed by atoms with Gasteiger partial charge in [0.05, 0.1) is 0 Å². The first-order chi connectivity index (χ1) is 7.17. The molecule has 0 amide bonds. The average Bonchev–Trinajstić information content (AvgIpc) is 2.27. The van der Waals surface area contributed by atoms with Gasteiger partial charge in [-0.25, -0.2) is 0 Å². The lowest BCUT2D eigenvalue weighted by Gasteiger charge is -2.31. The number of ether oxygens (including phenoxy) is 1. The van der Waals surface area contributed by atoms with Gasteiger partial charge in [0, 0.05) is 10.8 Å². The van der Waals surface area contributed by atoms with E-state index in [4.69, 9.17) is 4.74 Å². The van der Waals surface area contributed by atoms with Crippen LogP contribution in [0.3, 0.4) is 0 Å². The molecule has 0 radical (unpaired) electrons. The van der Waals surface area contributed by atoms with Gasteiger partial charge in [-0.15, -0.1) is 0 Å². The lowest BCUT2D eigenvalue weighted by molar-refractivity contribution is -0.159. The zero-order valence-electron chi connectivity index (χ0n) is 8.63. The normalized spacial score (nSPS) is 26.1. The van der Waals surface area contributed by atoms with Crippen molar-refractivity contribution in [2.45, 2.75) is 25.7 Å². The number of halogens is 1. The minimum absolute atomic E-state index is 0.0391. The van der Waals surface area contributed by atoms with Gasteiger partial charge >= 0.3 is 5.97 Å². The molecule has 0 heterocycles. The minimum Gasteiger partial charge on any atom is -0.461 e. The molecular formula is C11H15IO3. The topological polar surface area (TPSA) is 43.4 Å². The molecule has 3 nitrogen and oxygen atoms in total. The molecule has 1 saturated carbocycles. The molecule has 0 N–H and O–H groups in total. The van der Waals surface area contributed by atoms with Gasteiger partial charge in [0.1, 0.15) is 12.0 Å². The Morgan fingerprint density at radius 2 is 2.33 bits per heavy atom. The summed E-state index contributed by atoms with van der Waals surface area (Å²) < 4.78 is 5.53. The first-order valence-electron chi connectivity index (χ1n) is 5.05. The quantitative estimate of drug-likeness (QED) is 0.262. The molecular weight excluding hydrogens is 307 g/mol. The van der Waals surface area contributed by atoms with E-state index in [1.165, 1.54) is 6.08 Å². The summed E-state index contributed by atoms with van der Waals surface area (Å²) >= 11 is 2.09. The van der Waals surface area contributed by atoms with Crippen molar-refractivity contribution in [3.8, 4) is 0 Å². The number of hydrogen-bond acceptors (Lipinski definition) is 3. The monoisotopic (exact) mass is 322 g/mol. The lowest BCUT2D eigenvalue weighted by atomic mass is 9.74. The van der Waals surface area contributed by atoms with Crippen molar-refractivity contribution in [3.63, 3.8) is 0 Å². The van der Waals surface area contributed by atoms with Crippen molar-refractivity contribution in [1.82, 2.24) is 0 Å². The van der Waals surface area contributed by atoms with Crippen LogP contribution in [0.25, 0.3) is 0 Å². The van der Waals surface area contributed by atoms with Crippen LogP contribution >= 0.6 is 22.6 Å². The molecule has 1 atom stereocenters. The number of Topliss-reactive ketones (excluding diaryl/α,β-unsaturated/α-hetero) is 1. The summed E-state index contributed by atoms with van der Waals surface area (Å²) in [5, 5.41) is 0. The van der Waals surface area contributed by atoms with Crippen molar-refractivity contribution >= 4 is 34.3 Å². The van der Waals surface area contributed by atoms with Crippen molar-refractivity contribution in [3.05, 3.63) is 12.7 Å². The van der Waals surface area contributed by atoms with Crippen molar-refractivity contribution in [2.24, 2.45) is 5.41 Å². The van der Waals surface area contributed by atoms with Crippen LogP contribution in [-0.4, -0.2) is 22.8 Å². The maximum Gasteiger partial charge on any atom is 0.320 e. The summed E-state index contributed by atoms with van der Waals surface area (Å²) in [7, 11) is 0. The molecule has 84 valence electrons. The summed E-state index contributed by atoms with van der Waals surface area (Å²) in [5.74, 6) is -0.335.